The third-order valence-corrected chi connectivity index (χ3v) is 4.19. The van der Waals surface area contributed by atoms with Crippen LogP contribution in [0.3, 0.4) is 0 Å². The van der Waals surface area contributed by atoms with E-state index in [1.54, 1.807) is 12.1 Å². The number of unbranched alkanes of at least 4 members (excludes halogenated alkanes) is 1. The molecule has 4 nitrogen and oxygen atoms in total. The minimum Gasteiger partial charge on any atom is -0.351 e. The van der Waals surface area contributed by atoms with Gasteiger partial charge in [-0.25, -0.2) is 4.39 Å². The van der Waals surface area contributed by atoms with Gasteiger partial charge in [0.15, 0.2) is 0 Å². The number of carbonyl (C=O) groups is 1. The zero-order chi connectivity index (χ0) is 17.7. The summed E-state index contributed by atoms with van der Waals surface area (Å²) in [7, 11) is 5.84. The predicted octanol–water partition coefficient (Wildman–Crippen LogP) is 3.35. The van der Waals surface area contributed by atoms with E-state index in [0.717, 1.165) is 24.1 Å². The first-order valence-electron chi connectivity index (χ1n) is 8.31. The largest absolute Gasteiger partial charge is 0.351 e. The van der Waals surface area contributed by atoms with Gasteiger partial charge in [0.1, 0.15) is 11.5 Å². The number of benzene rings is 1. The monoisotopic (exact) mass is 331 g/mol. The molecule has 0 aliphatic carbocycles. The van der Waals surface area contributed by atoms with Crippen molar-refractivity contribution in [3.05, 3.63) is 59.2 Å². The zero-order valence-corrected chi connectivity index (χ0v) is 14.8. The van der Waals surface area contributed by atoms with E-state index in [0.29, 0.717) is 12.2 Å². The van der Waals surface area contributed by atoms with Crippen LogP contribution in [-0.4, -0.2) is 36.0 Å². The Balaban J connectivity index is 2.29. The van der Waals surface area contributed by atoms with E-state index >= 15 is 0 Å². The van der Waals surface area contributed by atoms with Crippen LogP contribution in [0.25, 0.3) is 0 Å². The molecule has 24 heavy (non-hydrogen) atoms. The van der Waals surface area contributed by atoms with Crippen LogP contribution in [0.5, 0.6) is 0 Å². The van der Waals surface area contributed by atoms with E-state index in [2.05, 4.69) is 17.1 Å². The predicted molar refractivity (Wildman–Crippen MR) is 94.6 cm³/mol. The fourth-order valence-electron chi connectivity index (χ4n) is 2.88. The average Bonchev–Trinajstić information content (AvgIpc) is 2.91. The molecule has 1 aromatic heterocycles. The van der Waals surface area contributed by atoms with Crippen molar-refractivity contribution in [3.63, 3.8) is 0 Å². The molecule has 0 aliphatic heterocycles. The van der Waals surface area contributed by atoms with Crippen LogP contribution in [-0.2, 0) is 7.05 Å². The highest BCUT2D eigenvalue weighted by atomic mass is 19.1. The molecule has 1 amide bonds. The van der Waals surface area contributed by atoms with Gasteiger partial charge in [-0.3, -0.25) is 9.69 Å². The van der Waals surface area contributed by atoms with E-state index in [4.69, 9.17) is 0 Å². The lowest BCUT2D eigenvalue weighted by Gasteiger charge is -2.26. The topological polar surface area (TPSA) is 37.3 Å². The van der Waals surface area contributed by atoms with Crippen molar-refractivity contribution in [2.75, 3.05) is 20.6 Å². The average molecular weight is 331 g/mol. The molecule has 0 bridgehead atoms. The Hall–Kier alpha value is -2.14. The van der Waals surface area contributed by atoms with Crippen molar-refractivity contribution >= 4 is 5.91 Å². The maximum Gasteiger partial charge on any atom is 0.267 e. The molecule has 130 valence electrons. The van der Waals surface area contributed by atoms with Crippen LogP contribution in [0, 0.1) is 5.82 Å². The summed E-state index contributed by atoms with van der Waals surface area (Å²) in [6.45, 7) is 2.78. The molecule has 0 spiro atoms. The van der Waals surface area contributed by atoms with Gasteiger partial charge < -0.3 is 9.88 Å². The highest BCUT2D eigenvalue weighted by Gasteiger charge is 2.22. The Morgan fingerprint density at radius 3 is 2.46 bits per heavy atom. The second-order valence-corrected chi connectivity index (χ2v) is 6.23. The molecule has 1 N–H and O–H groups in total. The molecule has 1 unspecified atom stereocenters. The van der Waals surface area contributed by atoms with Gasteiger partial charge in [-0.1, -0.05) is 25.5 Å². The summed E-state index contributed by atoms with van der Waals surface area (Å²) < 4.78 is 15.1. The van der Waals surface area contributed by atoms with Crippen molar-refractivity contribution in [1.82, 2.24) is 14.8 Å². The van der Waals surface area contributed by atoms with Crippen LogP contribution in [0.2, 0.25) is 0 Å². The maximum atomic E-state index is 13.2. The van der Waals surface area contributed by atoms with E-state index in [-0.39, 0.29) is 17.8 Å². The molecule has 2 aromatic rings. The Morgan fingerprint density at radius 2 is 1.88 bits per heavy atom. The molecular formula is C19H26FN3O. The maximum absolute atomic E-state index is 13.2. The number of hydrogen-bond donors (Lipinski definition) is 1. The molecular weight excluding hydrogens is 305 g/mol. The molecule has 5 heteroatoms. The van der Waals surface area contributed by atoms with Crippen LogP contribution in [0.15, 0.2) is 36.4 Å². The third kappa shape index (κ3) is 4.03. The van der Waals surface area contributed by atoms with Gasteiger partial charge in [0.05, 0.1) is 6.04 Å². The Labute approximate surface area is 143 Å². The van der Waals surface area contributed by atoms with E-state index in [1.807, 2.05) is 37.8 Å². The SMILES string of the molecule is CCCCNC(=O)c1ccc(C(c2ccc(F)cc2)N(C)C)n1C. The van der Waals surface area contributed by atoms with Crippen LogP contribution < -0.4 is 5.32 Å². The minimum absolute atomic E-state index is 0.0483. The standard InChI is InChI=1S/C19H26FN3O/c1-5-6-13-21-19(24)17-12-11-16(23(17)4)18(22(2)3)14-7-9-15(20)10-8-14/h7-12,18H,5-6,13H2,1-4H3,(H,21,24). The molecule has 1 heterocycles. The fourth-order valence-corrected chi connectivity index (χ4v) is 2.88. The number of aromatic nitrogens is 1. The van der Waals surface area contributed by atoms with Crippen molar-refractivity contribution in [2.24, 2.45) is 7.05 Å². The van der Waals surface area contributed by atoms with Crippen molar-refractivity contribution in [3.8, 4) is 0 Å². The van der Waals surface area contributed by atoms with Gasteiger partial charge >= 0.3 is 0 Å². The highest BCUT2D eigenvalue weighted by Crippen LogP contribution is 2.28. The number of nitrogens with one attached hydrogen (secondary N) is 1. The van der Waals surface area contributed by atoms with Crippen LogP contribution >= 0.6 is 0 Å². The summed E-state index contributed by atoms with van der Waals surface area (Å²) in [5.74, 6) is -0.312. The van der Waals surface area contributed by atoms with E-state index < -0.39 is 0 Å². The number of halogens is 1. The number of nitrogens with zero attached hydrogens (tertiary/aromatic N) is 2. The van der Waals surface area contributed by atoms with Gasteiger partial charge in [0, 0.05) is 19.3 Å². The van der Waals surface area contributed by atoms with Crippen LogP contribution in [0.1, 0.15) is 47.6 Å². The van der Waals surface area contributed by atoms with Crippen molar-refractivity contribution in [2.45, 2.75) is 25.8 Å². The third-order valence-electron chi connectivity index (χ3n) is 4.19. The molecule has 0 aliphatic rings. The first-order chi connectivity index (χ1) is 11.5. The fraction of sp³-hybridized carbons (Fsp3) is 0.421. The normalized spacial score (nSPS) is 12.4. The molecule has 0 saturated heterocycles. The summed E-state index contributed by atoms with van der Waals surface area (Å²) in [6.07, 6.45) is 2.02. The molecule has 0 radical (unpaired) electrons. The van der Waals surface area contributed by atoms with E-state index in [1.165, 1.54) is 12.1 Å². The smallest absolute Gasteiger partial charge is 0.267 e. The lowest BCUT2D eigenvalue weighted by atomic mass is 10.0. The molecule has 0 fully saturated rings. The van der Waals surface area contributed by atoms with Crippen molar-refractivity contribution < 1.29 is 9.18 Å². The van der Waals surface area contributed by atoms with Crippen molar-refractivity contribution in [1.29, 1.82) is 0 Å². The summed E-state index contributed by atoms with van der Waals surface area (Å²) in [5.41, 5.74) is 2.61. The van der Waals surface area contributed by atoms with Gasteiger partial charge in [0.25, 0.3) is 5.91 Å². The number of amides is 1. The zero-order valence-electron chi connectivity index (χ0n) is 14.8. The summed E-state index contributed by atoms with van der Waals surface area (Å²) >= 11 is 0. The lowest BCUT2D eigenvalue weighted by molar-refractivity contribution is 0.0944. The lowest BCUT2D eigenvalue weighted by Crippen LogP contribution is -2.28. The highest BCUT2D eigenvalue weighted by molar-refractivity contribution is 5.92. The first-order valence-corrected chi connectivity index (χ1v) is 8.31. The molecule has 1 atom stereocenters. The van der Waals surface area contributed by atoms with Crippen LogP contribution in [0.4, 0.5) is 4.39 Å². The second-order valence-electron chi connectivity index (χ2n) is 6.23. The minimum atomic E-state index is -0.251. The number of hydrogen-bond acceptors (Lipinski definition) is 2. The Morgan fingerprint density at radius 1 is 1.21 bits per heavy atom. The Kier molecular flexibility index (Phi) is 6.15. The van der Waals surface area contributed by atoms with E-state index in [9.17, 15) is 9.18 Å². The van der Waals surface area contributed by atoms with Gasteiger partial charge in [-0.2, -0.15) is 0 Å². The van der Waals surface area contributed by atoms with Gasteiger partial charge in [-0.15, -0.1) is 0 Å². The summed E-state index contributed by atoms with van der Waals surface area (Å²) in [6, 6.07) is 10.3. The Bertz CT molecular complexity index is 676. The molecule has 1 aromatic carbocycles. The quantitative estimate of drug-likeness (QED) is 0.790. The summed E-state index contributed by atoms with van der Waals surface area (Å²) in [5, 5.41) is 2.95. The van der Waals surface area contributed by atoms with Gasteiger partial charge in [-0.05, 0) is 50.3 Å². The number of rotatable bonds is 7. The molecule has 0 saturated carbocycles. The van der Waals surface area contributed by atoms with Gasteiger partial charge in [0.2, 0.25) is 0 Å². The summed E-state index contributed by atoms with van der Waals surface area (Å²) in [4.78, 5) is 14.4. The molecule has 2 rings (SSSR count). The number of carbonyl (C=O) groups excluding carboxylic acids is 1. The first kappa shape index (κ1) is 18.2. The second kappa shape index (κ2) is 8.11.